The quantitative estimate of drug-likeness (QED) is 0.837. The number of allylic oxidation sites excluding steroid dienone is 1. The average Bonchev–Trinajstić information content (AvgIpc) is 2.60. The summed E-state index contributed by atoms with van der Waals surface area (Å²) in [6.07, 6.45) is 5.62. The van der Waals surface area contributed by atoms with E-state index in [0.29, 0.717) is 5.92 Å². The van der Waals surface area contributed by atoms with Crippen LogP contribution < -0.4 is 0 Å². The lowest BCUT2D eigenvalue weighted by atomic mass is 9.76. The smallest absolute Gasteiger partial charge is 0.116 e. The zero-order valence-electron chi connectivity index (χ0n) is 13.3. The van der Waals surface area contributed by atoms with Crippen molar-refractivity contribution in [3.05, 3.63) is 47.7 Å². The number of aliphatic hydroxyl groups excluding tert-OH is 1. The topological polar surface area (TPSA) is 56.6 Å². The number of piperidine rings is 3. The Morgan fingerprint density at radius 3 is 2.96 bits per heavy atom. The van der Waals surface area contributed by atoms with Crippen molar-refractivity contribution in [2.24, 2.45) is 5.92 Å². The molecular weight excluding hydrogens is 288 g/mol. The molecule has 1 aromatic carbocycles. The maximum absolute atomic E-state index is 11.0. The van der Waals surface area contributed by atoms with Gasteiger partial charge in [0.25, 0.3) is 0 Å². The first-order chi connectivity index (χ1) is 11.2. The third-order valence-corrected chi connectivity index (χ3v) is 5.48. The van der Waals surface area contributed by atoms with E-state index in [9.17, 15) is 10.2 Å². The Labute approximate surface area is 136 Å². The number of hydrogen-bond donors (Lipinski definition) is 2. The molecule has 2 unspecified atom stereocenters. The first-order valence-corrected chi connectivity index (χ1v) is 8.32. The van der Waals surface area contributed by atoms with Crippen LogP contribution in [-0.2, 0) is 0 Å². The van der Waals surface area contributed by atoms with E-state index in [0.717, 1.165) is 36.0 Å². The molecule has 3 aliphatic heterocycles. The second-order valence-electron chi connectivity index (χ2n) is 6.67. The van der Waals surface area contributed by atoms with E-state index in [4.69, 9.17) is 0 Å². The summed E-state index contributed by atoms with van der Waals surface area (Å²) in [6.45, 7) is 4.14. The van der Waals surface area contributed by atoms with Gasteiger partial charge >= 0.3 is 0 Å². The van der Waals surface area contributed by atoms with Gasteiger partial charge in [-0.3, -0.25) is 9.88 Å². The number of benzene rings is 1. The SMILES string of the molecule is C/C=C1\CN2CC[C@H]1CC2[C@@H](O)c1ccnc2ccc(O)cc12. The standard InChI is InChI=1S/C19H22N2O2/c1-2-12-11-21-8-6-13(12)9-18(21)19(23)15-5-7-20-17-4-3-14(22)10-16(15)17/h2-5,7,10,13,18-19,22-23H,6,8-9,11H2,1H3/b12-2+/t13-,18?,19-/m0/s1. The van der Waals surface area contributed by atoms with E-state index in [-0.39, 0.29) is 11.8 Å². The molecule has 0 saturated carbocycles. The predicted molar refractivity (Wildman–Crippen MR) is 90.2 cm³/mol. The van der Waals surface area contributed by atoms with Gasteiger partial charge in [0.05, 0.1) is 11.6 Å². The molecule has 3 saturated heterocycles. The zero-order valence-corrected chi connectivity index (χ0v) is 13.3. The largest absolute Gasteiger partial charge is 0.508 e. The van der Waals surface area contributed by atoms with Gasteiger partial charge in [-0.25, -0.2) is 0 Å². The fourth-order valence-corrected chi connectivity index (χ4v) is 4.22. The van der Waals surface area contributed by atoms with Crippen LogP contribution in [0.1, 0.15) is 31.4 Å². The summed E-state index contributed by atoms with van der Waals surface area (Å²) in [5.74, 6) is 0.812. The normalized spacial score (nSPS) is 30.0. The number of aromatic hydroxyl groups is 1. The molecule has 4 nitrogen and oxygen atoms in total. The van der Waals surface area contributed by atoms with E-state index < -0.39 is 6.10 Å². The van der Waals surface area contributed by atoms with Crippen molar-refractivity contribution < 1.29 is 10.2 Å². The van der Waals surface area contributed by atoms with Crippen LogP contribution in [0.25, 0.3) is 10.9 Å². The average molecular weight is 310 g/mol. The summed E-state index contributed by atoms with van der Waals surface area (Å²) in [5.41, 5.74) is 3.19. The molecular formula is C19H22N2O2. The lowest BCUT2D eigenvalue weighted by molar-refractivity contribution is -0.00340. The summed E-state index contributed by atoms with van der Waals surface area (Å²) in [5, 5.41) is 21.7. The number of aliphatic hydroxyl groups is 1. The van der Waals surface area contributed by atoms with Gasteiger partial charge in [-0.2, -0.15) is 0 Å². The van der Waals surface area contributed by atoms with Gasteiger partial charge in [0.15, 0.2) is 0 Å². The van der Waals surface area contributed by atoms with Gasteiger partial charge < -0.3 is 10.2 Å². The fourth-order valence-electron chi connectivity index (χ4n) is 4.22. The van der Waals surface area contributed by atoms with Crippen molar-refractivity contribution in [2.75, 3.05) is 13.1 Å². The Balaban J connectivity index is 1.70. The molecule has 0 amide bonds. The minimum absolute atomic E-state index is 0.144. The highest BCUT2D eigenvalue weighted by atomic mass is 16.3. The third kappa shape index (κ3) is 2.42. The van der Waals surface area contributed by atoms with Gasteiger partial charge in [-0.05, 0) is 62.1 Å². The lowest BCUT2D eigenvalue weighted by Gasteiger charge is -2.48. The molecule has 2 bridgehead atoms. The molecule has 120 valence electrons. The molecule has 4 atom stereocenters. The van der Waals surface area contributed by atoms with Crippen molar-refractivity contribution in [3.8, 4) is 5.75 Å². The summed E-state index contributed by atoms with van der Waals surface area (Å²) in [4.78, 5) is 6.74. The highest BCUT2D eigenvalue weighted by molar-refractivity contribution is 5.83. The van der Waals surface area contributed by atoms with E-state index >= 15 is 0 Å². The Bertz CT molecular complexity index is 771. The Hall–Kier alpha value is -1.91. The van der Waals surface area contributed by atoms with Gasteiger partial charge in [0.2, 0.25) is 0 Å². The summed E-state index contributed by atoms with van der Waals surface area (Å²) in [6, 6.07) is 7.16. The molecule has 2 aromatic rings. The summed E-state index contributed by atoms with van der Waals surface area (Å²) < 4.78 is 0. The van der Waals surface area contributed by atoms with E-state index in [1.165, 1.54) is 12.0 Å². The number of rotatable bonds is 2. The maximum Gasteiger partial charge on any atom is 0.116 e. The van der Waals surface area contributed by atoms with Crippen LogP contribution in [0.5, 0.6) is 5.75 Å². The predicted octanol–water partition coefficient (Wildman–Crippen LogP) is 3.01. The van der Waals surface area contributed by atoms with Gasteiger partial charge in [-0.1, -0.05) is 11.6 Å². The molecule has 5 rings (SSSR count). The first-order valence-electron chi connectivity index (χ1n) is 8.32. The minimum atomic E-state index is -0.552. The number of phenolic OH excluding ortho intramolecular Hbond substituents is 1. The van der Waals surface area contributed by atoms with Crippen LogP contribution in [0.15, 0.2) is 42.1 Å². The molecule has 3 fully saturated rings. The first kappa shape index (κ1) is 14.7. The Kier molecular flexibility index (Phi) is 3.58. The minimum Gasteiger partial charge on any atom is -0.508 e. The van der Waals surface area contributed by atoms with Crippen molar-refractivity contribution in [2.45, 2.75) is 31.9 Å². The molecule has 2 N–H and O–H groups in total. The monoisotopic (exact) mass is 310 g/mol. The molecule has 1 aromatic heterocycles. The van der Waals surface area contributed by atoms with Crippen LogP contribution in [0.4, 0.5) is 0 Å². The van der Waals surface area contributed by atoms with Crippen molar-refractivity contribution in [1.82, 2.24) is 9.88 Å². The van der Waals surface area contributed by atoms with Crippen molar-refractivity contribution >= 4 is 10.9 Å². The number of nitrogens with zero attached hydrogens (tertiary/aromatic N) is 2. The van der Waals surface area contributed by atoms with E-state index in [1.54, 1.807) is 24.4 Å². The fraction of sp³-hybridized carbons (Fsp3) is 0.421. The second-order valence-corrected chi connectivity index (χ2v) is 6.67. The number of pyridine rings is 1. The van der Waals surface area contributed by atoms with Crippen LogP contribution in [-0.4, -0.2) is 39.2 Å². The number of phenols is 1. The summed E-state index contributed by atoms with van der Waals surface area (Å²) in [7, 11) is 0. The van der Waals surface area contributed by atoms with Gasteiger partial charge in [0.1, 0.15) is 5.75 Å². The Morgan fingerprint density at radius 2 is 2.22 bits per heavy atom. The molecule has 0 spiro atoms. The highest BCUT2D eigenvalue weighted by Gasteiger charge is 2.40. The van der Waals surface area contributed by atoms with E-state index in [2.05, 4.69) is 22.9 Å². The van der Waals surface area contributed by atoms with Crippen molar-refractivity contribution in [3.63, 3.8) is 0 Å². The number of aromatic nitrogens is 1. The Morgan fingerprint density at radius 1 is 1.35 bits per heavy atom. The van der Waals surface area contributed by atoms with Crippen molar-refractivity contribution in [1.29, 1.82) is 0 Å². The lowest BCUT2D eigenvalue weighted by Crippen LogP contribution is -2.52. The van der Waals surface area contributed by atoms with E-state index in [1.807, 2.05) is 6.07 Å². The van der Waals surface area contributed by atoms with Crippen LogP contribution in [0, 0.1) is 5.92 Å². The molecule has 3 aliphatic rings. The molecule has 23 heavy (non-hydrogen) atoms. The summed E-state index contributed by atoms with van der Waals surface area (Å²) >= 11 is 0. The van der Waals surface area contributed by atoms with Crippen LogP contribution in [0.3, 0.4) is 0 Å². The van der Waals surface area contributed by atoms with Crippen LogP contribution >= 0.6 is 0 Å². The molecule has 0 aliphatic carbocycles. The number of fused-ring (bicyclic) bond motifs is 4. The van der Waals surface area contributed by atoms with Gasteiger partial charge in [-0.15, -0.1) is 0 Å². The molecule has 0 radical (unpaired) electrons. The van der Waals surface area contributed by atoms with Crippen LogP contribution in [0.2, 0.25) is 0 Å². The maximum atomic E-state index is 11.0. The second kappa shape index (κ2) is 5.62. The highest BCUT2D eigenvalue weighted by Crippen LogP contribution is 2.41. The number of hydrogen-bond acceptors (Lipinski definition) is 4. The molecule has 4 heterocycles. The molecule has 4 heteroatoms. The third-order valence-electron chi connectivity index (χ3n) is 5.48. The zero-order chi connectivity index (χ0) is 16.0. The van der Waals surface area contributed by atoms with Gasteiger partial charge in [0, 0.05) is 24.2 Å².